The van der Waals surface area contributed by atoms with Crippen molar-refractivity contribution in [2.45, 2.75) is 19.3 Å². The number of fused-ring (bicyclic) bond motifs is 4. The van der Waals surface area contributed by atoms with Gasteiger partial charge >= 0.3 is 0 Å². The zero-order valence-corrected chi connectivity index (χ0v) is 28.3. The maximum absolute atomic E-state index is 2.50. The Bertz CT molecular complexity index is 2520. The molecule has 0 atom stereocenters. The molecule has 0 fully saturated rings. The summed E-state index contributed by atoms with van der Waals surface area (Å²) in [7, 11) is 0. The SMILES string of the molecule is CC1(C)c2ccccc2-c2c(-c3ccccc3N(c3ccccc3-c3ccccc3-c3ccccc3)c3cccc4ccccc34)cccc21. The van der Waals surface area contributed by atoms with Gasteiger partial charge in [0.1, 0.15) is 0 Å². The quantitative estimate of drug-likeness (QED) is 0.175. The van der Waals surface area contributed by atoms with Crippen LogP contribution < -0.4 is 4.90 Å². The summed E-state index contributed by atoms with van der Waals surface area (Å²) < 4.78 is 0. The molecule has 0 aliphatic heterocycles. The average molecular weight is 640 g/mol. The van der Waals surface area contributed by atoms with Crippen LogP contribution in [0.5, 0.6) is 0 Å². The van der Waals surface area contributed by atoms with Crippen molar-refractivity contribution >= 4 is 27.8 Å². The molecule has 1 aliphatic carbocycles. The molecule has 0 saturated heterocycles. The highest BCUT2D eigenvalue weighted by Crippen LogP contribution is 2.54. The third-order valence-electron chi connectivity index (χ3n) is 10.5. The van der Waals surface area contributed by atoms with E-state index in [9.17, 15) is 0 Å². The Morgan fingerprint density at radius 3 is 1.58 bits per heavy atom. The number of para-hydroxylation sites is 2. The Morgan fingerprint density at radius 1 is 0.340 bits per heavy atom. The number of hydrogen-bond donors (Lipinski definition) is 0. The summed E-state index contributed by atoms with van der Waals surface area (Å²) in [6, 6.07) is 68.6. The van der Waals surface area contributed by atoms with Crippen molar-refractivity contribution < 1.29 is 0 Å². The van der Waals surface area contributed by atoms with Crippen LogP contribution in [0.15, 0.2) is 188 Å². The predicted molar refractivity (Wildman–Crippen MR) is 213 cm³/mol. The fourth-order valence-electron chi connectivity index (χ4n) is 8.15. The van der Waals surface area contributed by atoms with Crippen molar-refractivity contribution in [1.29, 1.82) is 0 Å². The second-order valence-electron chi connectivity index (χ2n) is 13.7. The van der Waals surface area contributed by atoms with Gasteiger partial charge in [0, 0.05) is 21.9 Å². The highest BCUT2D eigenvalue weighted by Gasteiger charge is 2.37. The molecule has 0 bridgehead atoms. The zero-order valence-electron chi connectivity index (χ0n) is 28.3. The molecule has 0 unspecified atom stereocenters. The minimum absolute atomic E-state index is 0.0834. The van der Waals surface area contributed by atoms with Crippen LogP contribution in [0.2, 0.25) is 0 Å². The van der Waals surface area contributed by atoms with E-state index in [0.717, 1.165) is 17.1 Å². The summed E-state index contributed by atoms with van der Waals surface area (Å²) in [6.07, 6.45) is 0. The number of benzene rings is 8. The van der Waals surface area contributed by atoms with Gasteiger partial charge in [0.05, 0.1) is 17.1 Å². The summed E-state index contributed by atoms with van der Waals surface area (Å²) in [5.41, 5.74) is 16.0. The number of hydrogen-bond acceptors (Lipinski definition) is 1. The molecule has 0 aromatic heterocycles. The van der Waals surface area contributed by atoms with Gasteiger partial charge in [0.2, 0.25) is 0 Å². The van der Waals surface area contributed by atoms with Crippen molar-refractivity contribution in [2.75, 3.05) is 4.90 Å². The van der Waals surface area contributed by atoms with Crippen LogP contribution in [-0.2, 0) is 5.41 Å². The molecular weight excluding hydrogens is 603 g/mol. The van der Waals surface area contributed by atoms with Crippen LogP contribution in [0.1, 0.15) is 25.0 Å². The monoisotopic (exact) mass is 639 g/mol. The zero-order chi connectivity index (χ0) is 33.7. The van der Waals surface area contributed by atoms with E-state index in [1.807, 2.05) is 0 Å². The Balaban J connectivity index is 1.34. The number of anilines is 3. The normalized spacial score (nSPS) is 12.8. The van der Waals surface area contributed by atoms with E-state index in [4.69, 9.17) is 0 Å². The molecule has 1 heteroatoms. The first kappa shape index (κ1) is 29.9. The van der Waals surface area contributed by atoms with Crippen LogP contribution in [0.3, 0.4) is 0 Å². The first-order chi connectivity index (χ1) is 24.6. The van der Waals surface area contributed by atoms with Gasteiger partial charge in [-0.3, -0.25) is 0 Å². The van der Waals surface area contributed by atoms with Crippen molar-refractivity contribution in [3.05, 3.63) is 199 Å². The van der Waals surface area contributed by atoms with Gasteiger partial charge in [-0.25, -0.2) is 0 Å². The molecule has 8 aromatic carbocycles. The molecular formula is C49H37N. The second-order valence-corrected chi connectivity index (χ2v) is 13.7. The standard InChI is InChI=1S/C49H37N/c1-49(2)43-29-13-10-27-42(43)48-41(28-17-30-44(48)49)40-26-12-15-32-47(40)50(45-33-16-21-35-20-6-7-23-37(35)45)46-31-14-11-25-39(46)38-24-9-8-22-36(38)34-18-4-3-5-19-34/h3-33H,1-2H3. The summed E-state index contributed by atoms with van der Waals surface area (Å²) in [4.78, 5) is 2.50. The third-order valence-corrected chi connectivity index (χ3v) is 10.5. The lowest BCUT2D eigenvalue weighted by atomic mass is 9.82. The molecule has 50 heavy (non-hydrogen) atoms. The fraction of sp³-hybridized carbons (Fsp3) is 0.0612. The van der Waals surface area contributed by atoms with Crippen molar-refractivity contribution in [3.63, 3.8) is 0 Å². The van der Waals surface area contributed by atoms with Crippen LogP contribution >= 0.6 is 0 Å². The first-order valence-corrected chi connectivity index (χ1v) is 17.5. The van der Waals surface area contributed by atoms with E-state index in [1.165, 1.54) is 66.4 Å². The largest absolute Gasteiger partial charge is 0.309 e. The molecule has 1 aliphatic rings. The Labute approximate surface area is 294 Å². The van der Waals surface area contributed by atoms with Gasteiger partial charge in [-0.15, -0.1) is 0 Å². The fourth-order valence-corrected chi connectivity index (χ4v) is 8.15. The van der Waals surface area contributed by atoms with Gasteiger partial charge in [0.25, 0.3) is 0 Å². The van der Waals surface area contributed by atoms with Gasteiger partial charge in [-0.1, -0.05) is 184 Å². The van der Waals surface area contributed by atoms with Crippen LogP contribution in [0.4, 0.5) is 17.1 Å². The lowest BCUT2D eigenvalue weighted by Gasteiger charge is -2.31. The molecule has 0 radical (unpaired) electrons. The van der Waals surface area contributed by atoms with Gasteiger partial charge in [-0.2, -0.15) is 0 Å². The summed E-state index contributed by atoms with van der Waals surface area (Å²) in [5, 5.41) is 2.42. The topological polar surface area (TPSA) is 3.24 Å². The summed E-state index contributed by atoms with van der Waals surface area (Å²) in [5.74, 6) is 0. The van der Waals surface area contributed by atoms with Crippen molar-refractivity contribution in [3.8, 4) is 44.5 Å². The molecule has 8 aromatic rings. The highest BCUT2D eigenvalue weighted by atomic mass is 15.1. The minimum atomic E-state index is -0.0834. The van der Waals surface area contributed by atoms with Gasteiger partial charge in [0.15, 0.2) is 0 Å². The second kappa shape index (κ2) is 12.1. The maximum Gasteiger partial charge on any atom is 0.0540 e. The minimum Gasteiger partial charge on any atom is -0.309 e. The van der Waals surface area contributed by atoms with Crippen LogP contribution in [0.25, 0.3) is 55.3 Å². The van der Waals surface area contributed by atoms with Crippen molar-refractivity contribution in [1.82, 2.24) is 0 Å². The Morgan fingerprint density at radius 2 is 0.820 bits per heavy atom. The highest BCUT2D eigenvalue weighted by molar-refractivity contribution is 6.05. The number of rotatable bonds is 6. The average Bonchev–Trinajstić information content (AvgIpc) is 3.42. The summed E-state index contributed by atoms with van der Waals surface area (Å²) in [6.45, 7) is 4.71. The van der Waals surface area contributed by atoms with Crippen LogP contribution in [0, 0.1) is 0 Å². The first-order valence-electron chi connectivity index (χ1n) is 17.5. The lowest BCUT2D eigenvalue weighted by molar-refractivity contribution is 0.660. The van der Waals surface area contributed by atoms with E-state index in [0.29, 0.717) is 0 Å². The lowest BCUT2D eigenvalue weighted by Crippen LogP contribution is -2.15. The molecule has 9 rings (SSSR count). The Kier molecular flexibility index (Phi) is 7.21. The van der Waals surface area contributed by atoms with E-state index >= 15 is 0 Å². The molecule has 0 amide bonds. The molecule has 1 nitrogen and oxygen atoms in total. The van der Waals surface area contributed by atoms with Gasteiger partial charge in [-0.05, 0) is 68.1 Å². The van der Waals surface area contributed by atoms with Crippen molar-refractivity contribution in [2.24, 2.45) is 0 Å². The maximum atomic E-state index is 2.50. The summed E-state index contributed by atoms with van der Waals surface area (Å²) >= 11 is 0. The molecule has 238 valence electrons. The number of nitrogens with zero attached hydrogens (tertiary/aromatic N) is 1. The third kappa shape index (κ3) is 4.77. The van der Waals surface area contributed by atoms with E-state index in [1.54, 1.807) is 0 Å². The predicted octanol–water partition coefficient (Wildman–Crippen LogP) is 13.6. The van der Waals surface area contributed by atoms with Gasteiger partial charge < -0.3 is 4.90 Å². The molecule has 0 N–H and O–H groups in total. The molecule has 0 heterocycles. The van der Waals surface area contributed by atoms with Crippen LogP contribution in [-0.4, -0.2) is 0 Å². The van der Waals surface area contributed by atoms with E-state index in [2.05, 4.69) is 207 Å². The van der Waals surface area contributed by atoms with E-state index in [-0.39, 0.29) is 5.41 Å². The molecule has 0 saturated carbocycles. The Hall–Kier alpha value is -6.18. The smallest absolute Gasteiger partial charge is 0.0540 e. The molecule has 0 spiro atoms. The van der Waals surface area contributed by atoms with E-state index < -0.39 is 0 Å².